The summed E-state index contributed by atoms with van der Waals surface area (Å²) < 4.78 is 15.6. The summed E-state index contributed by atoms with van der Waals surface area (Å²) in [6.45, 7) is 0.474. The average molecular weight is 312 g/mol. The van der Waals surface area contributed by atoms with Crippen LogP contribution in [0.3, 0.4) is 0 Å². The van der Waals surface area contributed by atoms with Crippen molar-refractivity contribution in [1.82, 2.24) is 10.5 Å². The maximum Gasteiger partial charge on any atom is 0.273 e. The largest absolute Gasteiger partial charge is 0.496 e. The lowest BCUT2D eigenvalue weighted by atomic mass is 10.1. The molecule has 0 aliphatic carbocycles. The predicted molar refractivity (Wildman–Crippen MR) is 83.2 cm³/mol. The first-order chi connectivity index (χ1) is 11.3. The molecule has 1 N–H and O–H groups in total. The number of benzene rings is 1. The van der Waals surface area contributed by atoms with Crippen LogP contribution in [0.25, 0.3) is 11.5 Å². The molecule has 0 unspecified atom stereocenters. The fourth-order valence-corrected chi connectivity index (χ4v) is 2.23. The third-order valence-electron chi connectivity index (χ3n) is 3.38. The van der Waals surface area contributed by atoms with Crippen molar-refractivity contribution in [2.45, 2.75) is 6.42 Å². The van der Waals surface area contributed by atoms with E-state index < -0.39 is 0 Å². The molecule has 23 heavy (non-hydrogen) atoms. The van der Waals surface area contributed by atoms with Gasteiger partial charge in [-0.3, -0.25) is 4.79 Å². The summed E-state index contributed by atoms with van der Waals surface area (Å²) in [5.74, 6) is 1.47. The molecule has 0 saturated carbocycles. The lowest BCUT2D eigenvalue weighted by molar-refractivity contribution is 0.0945. The number of hydrogen-bond donors (Lipinski definition) is 1. The number of aromatic nitrogens is 1. The minimum atomic E-state index is -0.290. The van der Waals surface area contributed by atoms with E-state index >= 15 is 0 Å². The van der Waals surface area contributed by atoms with Crippen molar-refractivity contribution in [3.8, 4) is 17.3 Å². The number of methoxy groups -OCH3 is 1. The standard InChI is InChI=1S/C17H16N2O4/c1-21-14-6-3-2-5-12(14)8-9-18-17(20)13-11-16(23-19-13)15-7-4-10-22-15/h2-7,10-11H,8-9H2,1H3,(H,18,20). The van der Waals surface area contributed by atoms with Gasteiger partial charge in [-0.25, -0.2) is 0 Å². The van der Waals surface area contributed by atoms with Crippen molar-refractivity contribution >= 4 is 5.91 Å². The third kappa shape index (κ3) is 3.42. The number of para-hydroxylation sites is 1. The van der Waals surface area contributed by atoms with Crippen LogP contribution in [0.2, 0.25) is 0 Å². The molecule has 2 aromatic heterocycles. The third-order valence-corrected chi connectivity index (χ3v) is 3.38. The monoisotopic (exact) mass is 312 g/mol. The van der Waals surface area contributed by atoms with Crippen molar-refractivity contribution < 1.29 is 18.5 Å². The highest BCUT2D eigenvalue weighted by Gasteiger charge is 2.14. The number of furan rings is 1. The van der Waals surface area contributed by atoms with E-state index in [-0.39, 0.29) is 11.6 Å². The Labute approximate surface area is 133 Å². The Morgan fingerprint density at radius 3 is 2.87 bits per heavy atom. The topological polar surface area (TPSA) is 77.5 Å². The first kappa shape index (κ1) is 14.9. The van der Waals surface area contributed by atoms with Gasteiger partial charge in [0.25, 0.3) is 5.91 Å². The van der Waals surface area contributed by atoms with Gasteiger partial charge in [0.2, 0.25) is 5.76 Å². The Balaban J connectivity index is 1.57. The van der Waals surface area contributed by atoms with Gasteiger partial charge < -0.3 is 19.0 Å². The second-order valence-electron chi connectivity index (χ2n) is 4.87. The molecule has 0 radical (unpaired) electrons. The van der Waals surface area contributed by atoms with E-state index in [0.717, 1.165) is 11.3 Å². The van der Waals surface area contributed by atoms with Gasteiger partial charge >= 0.3 is 0 Å². The lowest BCUT2D eigenvalue weighted by Gasteiger charge is -2.08. The van der Waals surface area contributed by atoms with Gasteiger partial charge in [0, 0.05) is 12.6 Å². The predicted octanol–water partition coefficient (Wildman–Crippen LogP) is 2.92. The van der Waals surface area contributed by atoms with Crippen molar-refractivity contribution in [2.75, 3.05) is 13.7 Å². The summed E-state index contributed by atoms with van der Waals surface area (Å²) in [5, 5.41) is 6.57. The first-order valence-electron chi connectivity index (χ1n) is 7.18. The van der Waals surface area contributed by atoms with Crippen molar-refractivity contribution in [1.29, 1.82) is 0 Å². The normalized spacial score (nSPS) is 10.5. The van der Waals surface area contributed by atoms with Crippen molar-refractivity contribution in [3.05, 3.63) is 60.0 Å². The maximum atomic E-state index is 12.1. The van der Waals surface area contributed by atoms with Crippen LogP contribution in [0, 0.1) is 0 Å². The molecule has 0 atom stereocenters. The summed E-state index contributed by atoms with van der Waals surface area (Å²) in [6.07, 6.45) is 2.20. The molecule has 6 nitrogen and oxygen atoms in total. The second-order valence-corrected chi connectivity index (χ2v) is 4.87. The second kappa shape index (κ2) is 6.83. The number of ether oxygens (including phenoxy) is 1. The molecule has 0 aliphatic rings. The highest BCUT2D eigenvalue weighted by atomic mass is 16.5. The molecule has 0 spiro atoms. The van der Waals surface area contributed by atoms with Gasteiger partial charge in [0.15, 0.2) is 11.5 Å². The van der Waals surface area contributed by atoms with E-state index in [1.807, 2.05) is 24.3 Å². The highest BCUT2D eigenvalue weighted by molar-refractivity contribution is 5.92. The Kier molecular flexibility index (Phi) is 4.42. The summed E-state index contributed by atoms with van der Waals surface area (Å²) >= 11 is 0. The fraction of sp³-hybridized carbons (Fsp3) is 0.176. The Bertz CT molecular complexity index is 778. The number of carbonyl (C=O) groups excluding carboxylic acids is 1. The van der Waals surface area contributed by atoms with Crippen molar-refractivity contribution in [2.24, 2.45) is 0 Å². The van der Waals surface area contributed by atoms with Gasteiger partial charge in [0.05, 0.1) is 13.4 Å². The molecule has 3 rings (SSSR count). The zero-order valence-corrected chi connectivity index (χ0v) is 12.6. The molecule has 6 heteroatoms. The molecule has 118 valence electrons. The zero-order chi connectivity index (χ0) is 16.1. The van der Waals surface area contributed by atoms with E-state index in [1.165, 1.54) is 6.26 Å². The van der Waals surface area contributed by atoms with E-state index in [1.54, 1.807) is 25.3 Å². The molecule has 0 bridgehead atoms. The van der Waals surface area contributed by atoms with Crippen LogP contribution >= 0.6 is 0 Å². The van der Waals surface area contributed by atoms with Crippen molar-refractivity contribution in [3.63, 3.8) is 0 Å². The van der Waals surface area contributed by atoms with Gasteiger partial charge in [-0.1, -0.05) is 23.4 Å². The Hall–Kier alpha value is -3.02. The number of nitrogens with one attached hydrogen (secondary N) is 1. The minimum absolute atomic E-state index is 0.219. The molecule has 1 aromatic carbocycles. The number of nitrogens with zero attached hydrogens (tertiary/aromatic N) is 1. The maximum absolute atomic E-state index is 12.1. The number of amides is 1. The summed E-state index contributed by atoms with van der Waals surface area (Å²) in [5.41, 5.74) is 1.25. The highest BCUT2D eigenvalue weighted by Crippen LogP contribution is 2.20. The fourth-order valence-electron chi connectivity index (χ4n) is 2.23. The smallest absolute Gasteiger partial charge is 0.273 e. The quantitative estimate of drug-likeness (QED) is 0.757. The average Bonchev–Trinajstić information content (AvgIpc) is 3.26. The molecule has 0 aliphatic heterocycles. The molecular formula is C17H16N2O4. The lowest BCUT2D eigenvalue weighted by Crippen LogP contribution is -2.26. The summed E-state index contributed by atoms with van der Waals surface area (Å²) in [4.78, 5) is 12.1. The SMILES string of the molecule is COc1ccccc1CCNC(=O)c1cc(-c2ccco2)on1. The molecule has 0 fully saturated rings. The zero-order valence-electron chi connectivity index (χ0n) is 12.6. The van der Waals surface area contributed by atoms with Crippen LogP contribution in [-0.4, -0.2) is 24.7 Å². The van der Waals surface area contributed by atoms with Gasteiger partial charge in [-0.05, 0) is 30.2 Å². The first-order valence-corrected chi connectivity index (χ1v) is 7.18. The van der Waals surface area contributed by atoms with E-state index in [4.69, 9.17) is 13.7 Å². The molecule has 2 heterocycles. The summed E-state index contributed by atoms with van der Waals surface area (Å²) in [6, 6.07) is 12.7. The van der Waals surface area contributed by atoms with Crippen LogP contribution in [0.1, 0.15) is 16.1 Å². The number of rotatable bonds is 6. The van der Waals surface area contributed by atoms with Crippen LogP contribution in [0.15, 0.2) is 57.7 Å². The van der Waals surface area contributed by atoms with Crippen LogP contribution < -0.4 is 10.1 Å². The van der Waals surface area contributed by atoms with Gasteiger partial charge in [-0.2, -0.15) is 0 Å². The Morgan fingerprint density at radius 1 is 1.22 bits per heavy atom. The molecular weight excluding hydrogens is 296 g/mol. The van der Waals surface area contributed by atoms with E-state index in [9.17, 15) is 4.79 Å². The van der Waals surface area contributed by atoms with Gasteiger partial charge in [-0.15, -0.1) is 0 Å². The van der Waals surface area contributed by atoms with Gasteiger partial charge in [0.1, 0.15) is 5.75 Å². The van der Waals surface area contributed by atoms with E-state index in [2.05, 4.69) is 10.5 Å². The minimum Gasteiger partial charge on any atom is -0.496 e. The van der Waals surface area contributed by atoms with Crippen LogP contribution in [-0.2, 0) is 6.42 Å². The number of carbonyl (C=O) groups is 1. The van der Waals surface area contributed by atoms with Crippen LogP contribution in [0.4, 0.5) is 0 Å². The Morgan fingerprint density at radius 2 is 2.09 bits per heavy atom. The summed E-state index contributed by atoms with van der Waals surface area (Å²) in [7, 11) is 1.63. The van der Waals surface area contributed by atoms with Crippen LogP contribution in [0.5, 0.6) is 5.75 Å². The van der Waals surface area contributed by atoms with E-state index in [0.29, 0.717) is 24.5 Å². The molecule has 3 aromatic rings. The molecule has 1 amide bonds. The molecule has 0 saturated heterocycles. The number of hydrogen-bond acceptors (Lipinski definition) is 5.